The zero-order valence-corrected chi connectivity index (χ0v) is 11.3. The van der Waals surface area contributed by atoms with E-state index in [1.54, 1.807) is 13.8 Å². The van der Waals surface area contributed by atoms with Gasteiger partial charge >= 0.3 is 5.97 Å². The molecule has 2 saturated heterocycles. The normalized spacial score (nSPS) is 38.9. The summed E-state index contributed by atoms with van der Waals surface area (Å²) >= 11 is 0. The molecule has 0 radical (unpaired) electrons. The fourth-order valence-corrected chi connectivity index (χ4v) is 2.11. The minimum Gasteiger partial charge on any atom is -0.454 e. The predicted octanol–water partition coefficient (Wildman–Crippen LogP) is -0.341. The van der Waals surface area contributed by atoms with E-state index >= 15 is 0 Å². The maximum atomic E-state index is 11.7. The van der Waals surface area contributed by atoms with E-state index in [1.165, 1.54) is 7.11 Å². The van der Waals surface area contributed by atoms with Gasteiger partial charge in [-0.1, -0.05) is 13.8 Å². The fourth-order valence-electron chi connectivity index (χ4n) is 2.11. The van der Waals surface area contributed by atoms with Crippen LogP contribution in [0, 0.1) is 5.92 Å². The summed E-state index contributed by atoms with van der Waals surface area (Å²) in [6.45, 7) is 3.83. The lowest BCUT2D eigenvalue weighted by molar-refractivity contribution is -0.336. The molecule has 7 nitrogen and oxygen atoms in total. The van der Waals surface area contributed by atoms with Crippen LogP contribution < -0.4 is 0 Å². The number of hydrogen-bond acceptors (Lipinski definition) is 7. The molecule has 0 unspecified atom stereocenters. The largest absolute Gasteiger partial charge is 0.454 e. The molecule has 2 rings (SSSR count). The van der Waals surface area contributed by atoms with Crippen molar-refractivity contribution >= 4 is 5.97 Å². The van der Waals surface area contributed by atoms with Crippen molar-refractivity contribution in [3.05, 3.63) is 0 Å². The highest BCUT2D eigenvalue weighted by atomic mass is 16.7. The summed E-state index contributed by atoms with van der Waals surface area (Å²) < 4.78 is 26.4. The zero-order chi connectivity index (χ0) is 14.0. The Kier molecular flexibility index (Phi) is 4.75. The van der Waals surface area contributed by atoms with Crippen molar-refractivity contribution in [1.29, 1.82) is 0 Å². The molecule has 7 heteroatoms. The SMILES string of the molecule is CO[C@H]1O[C@@H]2COCO[C@H]2[C@H](O)[C@H]1OC(=O)C(C)C. The minimum atomic E-state index is -1.00. The van der Waals surface area contributed by atoms with E-state index in [9.17, 15) is 9.90 Å². The van der Waals surface area contributed by atoms with Crippen LogP contribution in [-0.4, -0.2) is 62.3 Å². The highest BCUT2D eigenvalue weighted by Gasteiger charge is 2.49. The van der Waals surface area contributed by atoms with Crippen LogP contribution in [0.4, 0.5) is 0 Å². The lowest BCUT2D eigenvalue weighted by Gasteiger charge is -2.44. The Hall–Kier alpha value is -0.730. The molecule has 110 valence electrons. The number of ether oxygens (including phenoxy) is 5. The van der Waals surface area contributed by atoms with Gasteiger partial charge in [0.15, 0.2) is 12.4 Å². The first-order valence-electron chi connectivity index (χ1n) is 6.30. The zero-order valence-electron chi connectivity index (χ0n) is 11.3. The van der Waals surface area contributed by atoms with Crippen molar-refractivity contribution in [2.45, 2.75) is 44.6 Å². The van der Waals surface area contributed by atoms with Crippen LogP contribution >= 0.6 is 0 Å². The molecule has 19 heavy (non-hydrogen) atoms. The van der Waals surface area contributed by atoms with E-state index in [0.29, 0.717) is 6.61 Å². The Bertz CT molecular complexity index is 319. The highest BCUT2D eigenvalue weighted by Crippen LogP contribution is 2.28. The number of aliphatic hydroxyl groups is 1. The number of carbonyl (C=O) groups is 1. The van der Waals surface area contributed by atoms with Crippen molar-refractivity contribution < 1.29 is 33.6 Å². The third-order valence-corrected chi connectivity index (χ3v) is 3.20. The lowest BCUT2D eigenvalue weighted by atomic mass is 9.98. The van der Waals surface area contributed by atoms with E-state index < -0.39 is 36.7 Å². The maximum absolute atomic E-state index is 11.7. The van der Waals surface area contributed by atoms with Gasteiger partial charge in [-0.05, 0) is 0 Å². The standard InChI is InChI=1S/C12H20O7/c1-6(2)11(14)19-10-8(13)9-7(4-16-5-17-9)18-12(10)15-3/h6-10,12-13H,4-5H2,1-3H3/t7-,8+,9-,10-,12+/m1/s1. The Morgan fingerprint density at radius 3 is 2.79 bits per heavy atom. The summed E-state index contributed by atoms with van der Waals surface area (Å²) in [6, 6.07) is 0. The van der Waals surface area contributed by atoms with Gasteiger partial charge in [0.2, 0.25) is 0 Å². The first kappa shape index (κ1) is 14.7. The molecule has 0 aromatic rings. The Labute approximate surface area is 111 Å². The van der Waals surface area contributed by atoms with Crippen molar-refractivity contribution in [2.24, 2.45) is 5.92 Å². The molecule has 0 spiro atoms. The fraction of sp³-hybridized carbons (Fsp3) is 0.917. The molecule has 2 heterocycles. The van der Waals surface area contributed by atoms with Gasteiger partial charge in [-0.3, -0.25) is 4.79 Å². The van der Waals surface area contributed by atoms with Gasteiger partial charge in [-0.15, -0.1) is 0 Å². The van der Waals surface area contributed by atoms with Crippen LogP contribution in [0.1, 0.15) is 13.8 Å². The molecule has 0 aromatic carbocycles. The van der Waals surface area contributed by atoms with Gasteiger partial charge in [-0.2, -0.15) is 0 Å². The summed E-state index contributed by atoms with van der Waals surface area (Å²) in [5.41, 5.74) is 0. The molecule has 0 amide bonds. The van der Waals surface area contributed by atoms with Gasteiger partial charge in [0.1, 0.15) is 25.1 Å². The first-order valence-corrected chi connectivity index (χ1v) is 6.30. The second kappa shape index (κ2) is 6.15. The number of hydrogen-bond donors (Lipinski definition) is 1. The molecule has 2 aliphatic heterocycles. The molecule has 2 fully saturated rings. The number of methoxy groups -OCH3 is 1. The topological polar surface area (TPSA) is 83.5 Å². The summed E-state index contributed by atoms with van der Waals surface area (Å²) in [4.78, 5) is 11.7. The lowest BCUT2D eigenvalue weighted by Crippen LogP contribution is -2.62. The van der Waals surface area contributed by atoms with E-state index in [1.807, 2.05) is 0 Å². The third kappa shape index (κ3) is 3.06. The molecule has 2 aliphatic rings. The minimum absolute atomic E-state index is 0.0874. The Morgan fingerprint density at radius 2 is 2.16 bits per heavy atom. The van der Waals surface area contributed by atoms with Gasteiger partial charge in [0, 0.05) is 7.11 Å². The molecule has 1 N–H and O–H groups in total. The monoisotopic (exact) mass is 276 g/mol. The third-order valence-electron chi connectivity index (χ3n) is 3.20. The Morgan fingerprint density at radius 1 is 1.42 bits per heavy atom. The summed E-state index contributed by atoms with van der Waals surface area (Å²) in [6.07, 6.45) is -3.74. The van der Waals surface area contributed by atoms with Gasteiger partial charge in [0.05, 0.1) is 12.5 Å². The smallest absolute Gasteiger partial charge is 0.308 e. The van der Waals surface area contributed by atoms with Crippen LogP contribution in [0.25, 0.3) is 0 Å². The predicted molar refractivity (Wildman–Crippen MR) is 62.1 cm³/mol. The van der Waals surface area contributed by atoms with Crippen molar-refractivity contribution in [3.63, 3.8) is 0 Å². The quantitative estimate of drug-likeness (QED) is 0.706. The molecule has 0 bridgehead atoms. The molecular weight excluding hydrogens is 256 g/mol. The van der Waals surface area contributed by atoms with E-state index in [0.717, 1.165) is 0 Å². The first-order chi connectivity index (χ1) is 9.04. The van der Waals surface area contributed by atoms with Crippen molar-refractivity contribution in [2.75, 3.05) is 20.5 Å². The van der Waals surface area contributed by atoms with Crippen molar-refractivity contribution in [1.82, 2.24) is 0 Å². The highest BCUT2D eigenvalue weighted by molar-refractivity contribution is 5.71. The maximum Gasteiger partial charge on any atom is 0.308 e. The molecule has 0 aromatic heterocycles. The summed E-state index contributed by atoms with van der Waals surface area (Å²) in [5.74, 6) is -0.710. The van der Waals surface area contributed by atoms with Crippen LogP contribution in [0.2, 0.25) is 0 Å². The molecular formula is C12H20O7. The van der Waals surface area contributed by atoms with Gasteiger partial charge in [-0.25, -0.2) is 0 Å². The molecule has 5 atom stereocenters. The van der Waals surface area contributed by atoms with Crippen LogP contribution in [0.5, 0.6) is 0 Å². The van der Waals surface area contributed by atoms with Gasteiger partial charge in [0.25, 0.3) is 0 Å². The average Bonchev–Trinajstić information content (AvgIpc) is 2.41. The number of aliphatic hydroxyl groups excluding tert-OH is 1. The number of fused-ring (bicyclic) bond motifs is 1. The number of carbonyl (C=O) groups excluding carboxylic acids is 1. The van der Waals surface area contributed by atoms with E-state index in [2.05, 4.69) is 0 Å². The van der Waals surface area contributed by atoms with Crippen LogP contribution in [-0.2, 0) is 28.5 Å². The Balaban J connectivity index is 2.08. The van der Waals surface area contributed by atoms with E-state index in [4.69, 9.17) is 23.7 Å². The van der Waals surface area contributed by atoms with Crippen molar-refractivity contribution in [3.8, 4) is 0 Å². The number of esters is 1. The van der Waals surface area contributed by atoms with Gasteiger partial charge < -0.3 is 28.8 Å². The van der Waals surface area contributed by atoms with E-state index in [-0.39, 0.29) is 12.7 Å². The number of rotatable bonds is 3. The second-order valence-electron chi connectivity index (χ2n) is 4.95. The second-order valence-corrected chi connectivity index (χ2v) is 4.95. The summed E-state index contributed by atoms with van der Waals surface area (Å²) in [7, 11) is 1.43. The summed E-state index contributed by atoms with van der Waals surface area (Å²) in [5, 5.41) is 10.3. The molecule has 0 saturated carbocycles. The molecule has 0 aliphatic carbocycles. The average molecular weight is 276 g/mol. The van der Waals surface area contributed by atoms with Crippen LogP contribution in [0.15, 0.2) is 0 Å². The van der Waals surface area contributed by atoms with Crippen LogP contribution in [0.3, 0.4) is 0 Å².